The largest absolute Gasteiger partial charge is 0.398 e. The van der Waals surface area contributed by atoms with E-state index in [1.165, 1.54) is 6.07 Å². The highest BCUT2D eigenvalue weighted by molar-refractivity contribution is 9.10. The SMILES string of the molecule is CCCNC(Cc1cnccc1N)c1cc(F)ccc1Br. The van der Waals surface area contributed by atoms with Crippen LogP contribution in [0.15, 0.2) is 41.1 Å². The molecule has 0 amide bonds. The Morgan fingerprint density at radius 3 is 2.90 bits per heavy atom. The van der Waals surface area contributed by atoms with Crippen molar-refractivity contribution in [3.8, 4) is 0 Å². The molecule has 112 valence electrons. The Hall–Kier alpha value is -1.46. The van der Waals surface area contributed by atoms with Crippen molar-refractivity contribution in [1.82, 2.24) is 10.3 Å². The minimum Gasteiger partial charge on any atom is -0.398 e. The number of nitrogens with one attached hydrogen (secondary N) is 1. The summed E-state index contributed by atoms with van der Waals surface area (Å²) in [4.78, 5) is 4.12. The maximum absolute atomic E-state index is 13.6. The molecular formula is C16H19BrFN3. The summed E-state index contributed by atoms with van der Waals surface area (Å²) < 4.78 is 14.5. The maximum atomic E-state index is 13.6. The van der Waals surface area contributed by atoms with Crippen molar-refractivity contribution in [2.24, 2.45) is 0 Å². The predicted octanol–water partition coefficient (Wildman–Crippen LogP) is 3.85. The van der Waals surface area contributed by atoms with Gasteiger partial charge in [0.25, 0.3) is 0 Å². The van der Waals surface area contributed by atoms with Gasteiger partial charge in [0.15, 0.2) is 0 Å². The number of nitrogens with zero attached hydrogens (tertiary/aromatic N) is 1. The molecule has 1 unspecified atom stereocenters. The third-order valence-corrected chi connectivity index (χ3v) is 4.06. The van der Waals surface area contributed by atoms with Gasteiger partial charge >= 0.3 is 0 Å². The number of hydrogen-bond acceptors (Lipinski definition) is 3. The average Bonchev–Trinajstić information content (AvgIpc) is 2.48. The van der Waals surface area contributed by atoms with Crippen LogP contribution in [0.3, 0.4) is 0 Å². The summed E-state index contributed by atoms with van der Waals surface area (Å²) >= 11 is 3.50. The van der Waals surface area contributed by atoms with E-state index in [0.29, 0.717) is 12.1 Å². The molecule has 0 radical (unpaired) electrons. The molecule has 0 fully saturated rings. The molecule has 3 nitrogen and oxygen atoms in total. The van der Waals surface area contributed by atoms with Gasteiger partial charge in [-0.15, -0.1) is 0 Å². The van der Waals surface area contributed by atoms with E-state index in [2.05, 4.69) is 33.2 Å². The average molecular weight is 352 g/mol. The topological polar surface area (TPSA) is 50.9 Å². The zero-order valence-electron chi connectivity index (χ0n) is 11.9. The number of rotatable bonds is 6. The first kappa shape index (κ1) is 15.9. The lowest BCUT2D eigenvalue weighted by molar-refractivity contribution is 0.522. The number of hydrogen-bond donors (Lipinski definition) is 2. The second-order valence-corrected chi connectivity index (χ2v) is 5.81. The van der Waals surface area contributed by atoms with Crippen molar-refractivity contribution in [3.63, 3.8) is 0 Å². The molecule has 1 aromatic heterocycles. The number of pyridine rings is 1. The quantitative estimate of drug-likeness (QED) is 0.830. The zero-order valence-corrected chi connectivity index (χ0v) is 13.5. The van der Waals surface area contributed by atoms with Crippen molar-refractivity contribution >= 4 is 21.6 Å². The molecular weight excluding hydrogens is 333 g/mol. The molecule has 5 heteroatoms. The van der Waals surface area contributed by atoms with Gasteiger partial charge in [-0.2, -0.15) is 0 Å². The Labute approximate surface area is 132 Å². The van der Waals surface area contributed by atoms with Crippen LogP contribution < -0.4 is 11.1 Å². The van der Waals surface area contributed by atoms with Gasteiger partial charge in [0.05, 0.1) is 0 Å². The van der Waals surface area contributed by atoms with Gasteiger partial charge in [-0.05, 0) is 54.8 Å². The Morgan fingerprint density at radius 1 is 1.38 bits per heavy atom. The van der Waals surface area contributed by atoms with Crippen molar-refractivity contribution in [2.75, 3.05) is 12.3 Å². The highest BCUT2D eigenvalue weighted by atomic mass is 79.9. The fraction of sp³-hybridized carbons (Fsp3) is 0.312. The van der Waals surface area contributed by atoms with Crippen molar-refractivity contribution in [3.05, 3.63) is 58.1 Å². The van der Waals surface area contributed by atoms with Gasteiger partial charge in [0, 0.05) is 28.6 Å². The second kappa shape index (κ2) is 7.52. The Kier molecular flexibility index (Phi) is 5.70. The number of aromatic nitrogens is 1. The summed E-state index contributed by atoms with van der Waals surface area (Å²) in [6, 6.07) is 6.51. The van der Waals surface area contributed by atoms with Crippen LogP contribution in [0.4, 0.5) is 10.1 Å². The van der Waals surface area contributed by atoms with Crippen LogP contribution in [-0.4, -0.2) is 11.5 Å². The first-order valence-corrected chi connectivity index (χ1v) is 7.77. The number of benzene rings is 1. The van der Waals surface area contributed by atoms with E-state index < -0.39 is 0 Å². The van der Waals surface area contributed by atoms with Crippen molar-refractivity contribution in [2.45, 2.75) is 25.8 Å². The van der Waals surface area contributed by atoms with Crippen molar-refractivity contribution in [1.29, 1.82) is 0 Å². The third kappa shape index (κ3) is 4.25. The number of halogens is 2. The molecule has 1 atom stereocenters. The van der Waals surface area contributed by atoms with Gasteiger partial charge in [0.2, 0.25) is 0 Å². The number of nitrogen functional groups attached to an aromatic ring is 1. The molecule has 0 spiro atoms. The highest BCUT2D eigenvalue weighted by Gasteiger charge is 2.16. The third-order valence-electron chi connectivity index (χ3n) is 3.34. The molecule has 0 aliphatic carbocycles. The van der Waals surface area contributed by atoms with Crippen LogP contribution in [0.2, 0.25) is 0 Å². The van der Waals surface area contributed by atoms with E-state index in [-0.39, 0.29) is 11.9 Å². The van der Waals surface area contributed by atoms with E-state index in [4.69, 9.17) is 5.73 Å². The smallest absolute Gasteiger partial charge is 0.123 e. The summed E-state index contributed by atoms with van der Waals surface area (Å²) in [5.74, 6) is -0.240. The summed E-state index contributed by atoms with van der Waals surface area (Å²) in [5, 5.41) is 3.45. The van der Waals surface area contributed by atoms with Crippen LogP contribution >= 0.6 is 15.9 Å². The molecule has 0 aliphatic heterocycles. The predicted molar refractivity (Wildman–Crippen MR) is 87.5 cm³/mol. The van der Waals surface area contributed by atoms with Gasteiger partial charge in [-0.25, -0.2) is 4.39 Å². The lowest BCUT2D eigenvalue weighted by Gasteiger charge is -2.21. The van der Waals surface area contributed by atoms with Crippen LogP contribution in [0.25, 0.3) is 0 Å². The molecule has 2 aromatic rings. The summed E-state index contributed by atoms with van der Waals surface area (Å²) in [6.07, 6.45) is 5.11. The maximum Gasteiger partial charge on any atom is 0.123 e. The molecule has 0 saturated heterocycles. The lowest BCUT2D eigenvalue weighted by Crippen LogP contribution is -2.25. The minimum absolute atomic E-state index is 0.0125. The van der Waals surface area contributed by atoms with Crippen LogP contribution in [0.1, 0.15) is 30.5 Å². The van der Waals surface area contributed by atoms with E-state index in [1.54, 1.807) is 30.6 Å². The Bertz CT molecular complexity index is 604. The summed E-state index contributed by atoms with van der Waals surface area (Å²) in [7, 11) is 0. The summed E-state index contributed by atoms with van der Waals surface area (Å²) in [6.45, 7) is 2.96. The Balaban J connectivity index is 2.30. The number of nitrogens with two attached hydrogens (primary N) is 1. The monoisotopic (exact) mass is 351 g/mol. The lowest BCUT2D eigenvalue weighted by atomic mass is 9.98. The molecule has 1 heterocycles. The Morgan fingerprint density at radius 2 is 2.19 bits per heavy atom. The molecule has 0 bridgehead atoms. The van der Waals surface area contributed by atoms with Crippen LogP contribution in [-0.2, 0) is 6.42 Å². The first-order valence-electron chi connectivity index (χ1n) is 6.98. The molecule has 0 saturated carbocycles. The van der Waals surface area contributed by atoms with Crippen LogP contribution in [0.5, 0.6) is 0 Å². The molecule has 3 N–H and O–H groups in total. The number of anilines is 1. The second-order valence-electron chi connectivity index (χ2n) is 4.95. The standard InChI is InChI=1S/C16H19BrFN3/c1-2-6-21-16(8-11-10-20-7-5-15(11)19)13-9-12(18)3-4-14(13)17/h3-5,7,9-10,16,21H,2,6,8H2,1H3,(H2,19,20). The first-order chi connectivity index (χ1) is 10.1. The van der Waals surface area contributed by atoms with E-state index in [0.717, 1.165) is 28.6 Å². The summed E-state index contributed by atoms with van der Waals surface area (Å²) in [5.41, 5.74) is 8.55. The fourth-order valence-electron chi connectivity index (χ4n) is 2.22. The normalized spacial score (nSPS) is 12.3. The molecule has 1 aromatic carbocycles. The van der Waals surface area contributed by atoms with E-state index in [1.807, 2.05) is 0 Å². The van der Waals surface area contributed by atoms with Gasteiger partial charge < -0.3 is 11.1 Å². The zero-order chi connectivity index (χ0) is 15.2. The fourth-order valence-corrected chi connectivity index (χ4v) is 2.74. The molecule has 0 aliphatic rings. The van der Waals surface area contributed by atoms with E-state index in [9.17, 15) is 4.39 Å². The van der Waals surface area contributed by atoms with Gasteiger partial charge in [-0.3, -0.25) is 4.98 Å². The highest BCUT2D eigenvalue weighted by Crippen LogP contribution is 2.28. The minimum atomic E-state index is -0.240. The van der Waals surface area contributed by atoms with Crippen LogP contribution in [0, 0.1) is 5.82 Å². The molecule has 21 heavy (non-hydrogen) atoms. The van der Waals surface area contributed by atoms with E-state index >= 15 is 0 Å². The van der Waals surface area contributed by atoms with Crippen molar-refractivity contribution < 1.29 is 4.39 Å². The van der Waals surface area contributed by atoms with Gasteiger partial charge in [-0.1, -0.05) is 22.9 Å². The molecule has 2 rings (SSSR count). The van der Waals surface area contributed by atoms with Gasteiger partial charge in [0.1, 0.15) is 5.82 Å².